The molecule has 0 aromatic rings. The first-order chi connectivity index (χ1) is 7.99. The van der Waals surface area contributed by atoms with Gasteiger partial charge in [0.15, 0.2) is 0 Å². The van der Waals surface area contributed by atoms with Gasteiger partial charge in [-0.25, -0.2) is 0 Å². The number of hydrogen-bond donors (Lipinski definition) is 1. The van der Waals surface area contributed by atoms with Crippen molar-refractivity contribution in [2.45, 2.75) is 65.5 Å². The predicted molar refractivity (Wildman–Crippen MR) is 74.2 cm³/mol. The Morgan fingerprint density at radius 1 is 1.24 bits per heavy atom. The molecular formula is C15H30N2. The van der Waals surface area contributed by atoms with Crippen molar-refractivity contribution < 1.29 is 0 Å². The van der Waals surface area contributed by atoms with Crippen molar-refractivity contribution >= 4 is 0 Å². The van der Waals surface area contributed by atoms with E-state index in [1.165, 1.54) is 45.3 Å². The molecule has 0 spiro atoms. The Balaban J connectivity index is 1.85. The van der Waals surface area contributed by atoms with Crippen LogP contribution in [0.5, 0.6) is 0 Å². The lowest BCUT2D eigenvalue weighted by molar-refractivity contribution is 0.105. The molecule has 17 heavy (non-hydrogen) atoms. The molecule has 0 bridgehead atoms. The van der Waals surface area contributed by atoms with Crippen LogP contribution in [-0.2, 0) is 0 Å². The fourth-order valence-corrected chi connectivity index (χ4v) is 2.85. The molecule has 2 fully saturated rings. The minimum absolute atomic E-state index is 0.470. The standard InChI is InChI=1S/C15H30N2/c1-5-13-10-16-14(12-6-7-12)11-17(13)9-8-15(2,3)4/h12-14,16H,5-11H2,1-4H3. The van der Waals surface area contributed by atoms with Crippen LogP contribution in [0.15, 0.2) is 0 Å². The quantitative estimate of drug-likeness (QED) is 0.810. The van der Waals surface area contributed by atoms with E-state index in [1.54, 1.807) is 0 Å². The maximum Gasteiger partial charge on any atom is 0.0224 e. The third kappa shape index (κ3) is 3.96. The first-order valence-electron chi connectivity index (χ1n) is 7.47. The number of hydrogen-bond acceptors (Lipinski definition) is 2. The summed E-state index contributed by atoms with van der Waals surface area (Å²) in [7, 11) is 0. The van der Waals surface area contributed by atoms with Gasteiger partial charge in [-0.2, -0.15) is 0 Å². The summed E-state index contributed by atoms with van der Waals surface area (Å²) in [6, 6.07) is 1.56. The molecule has 0 aromatic heterocycles. The molecule has 2 rings (SSSR count). The van der Waals surface area contributed by atoms with Crippen molar-refractivity contribution in [1.82, 2.24) is 10.2 Å². The Bertz CT molecular complexity index is 240. The fraction of sp³-hybridized carbons (Fsp3) is 1.00. The summed E-state index contributed by atoms with van der Waals surface area (Å²) in [5.74, 6) is 0.991. The third-order valence-corrected chi connectivity index (χ3v) is 4.37. The first kappa shape index (κ1) is 13.4. The van der Waals surface area contributed by atoms with E-state index in [2.05, 4.69) is 37.9 Å². The van der Waals surface area contributed by atoms with Crippen LogP contribution in [0.25, 0.3) is 0 Å². The molecule has 1 aliphatic heterocycles. The van der Waals surface area contributed by atoms with Gasteiger partial charge in [0.2, 0.25) is 0 Å². The van der Waals surface area contributed by atoms with Crippen LogP contribution in [0.1, 0.15) is 53.4 Å². The summed E-state index contributed by atoms with van der Waals surface area (Å²) in [6.07, 6.45) is 5.53. The van der Waals surface area contributed by atoms with E-state index in [4.69, 9.17) is 0 Å². The van der Waals surface area contributed by atoms with Gasteiger partial charge in [0.05, 0.1) is 0 Å². The smallest absolute Gasteiger partial charge is 0.0224 e. The molecule has 0 aromatic carbocycles. The highest BCUT2D eigenvalue weighted by atomic mass is 15.2. The molecule has 2 atom stereocenters. The minimum Gasteiger partial charge on any atom is -0.311 e. The number of nitrogens with zero attached hydrogens (tertiary/aromatic N) is 1. The molecule has 2 aliphatic rings. The second kappa shape index (κ2) is 5.27. The summed E-state index contributed by atoms with van der Waals surface area (Å²) in [4.78, 5) is 2.75. The molecule has 1 heterocycles. The van der Waals surface area contributed by atoms with E-state index in [9.17, 15) is 0 Å². The van der Waals surface area contributed by atoms with Gasteiger partial charge >= 0.3 is 0 Å². The van der Waals surface area contributed by atoms with Crippen LogP contribution in [0.3, 0.4) is 0 Å². The Morgan fingerprint density at radius 3 is 2.47 bits per heavy atom. The van der Waals surface area contributed by atoms with E-state index in [1.807, 2.05) is 0 Å². The summed E-state index contributed by atoms with van der Waals surface area (Å²) in [5, 5.41) is 3.77. The van der Waals surface area contributed by atoms with Gasteiger partial charge in [-0.1, -0.05) is 27.7 Å². The molecule has 1 saturated heterocycles. The monoisotopic (exact) mass is 238 g/mol. The molecule has 0 radical (unpaired) electrons. The Kier molecular flexibility index (Phi) is 4.14. The van der Waals surface area contributed by atoms with Crippen molar-refractivity contribution in [3.63, 3.8) is 0 Å². The SMILES string of the molecule is CCC1CNC(C2CC2)CN1CCC(C)(C)C. The predicted octanol–water partition coefficient (Wildman–Crippen LogP) is 2.89. The molecular weight excluding hydrogens is 208 g/mol. The lowest BCUT2D eigenvalue weighted by atomic mass is 9.91. The van der Waals surface area contributed by atoms with Gasteiger partial charge in [-0.05, 0) is 43.6 Å². The van der Waals surface area contributed by atoms with Gasteiger partial charge in [-0.15, -0.1) is 0 Å². The molecule has 1 N–H and O–H groups in total. The van der Waals surface area contributed by atoms with E-state index in [-0.39, 0.29) is 0 Å². The van der Waals surface area contributed by atoms with Crippen LogP contribution in [-0.4, -0.2) is 36.6 Å². The zero-order valence-corrected chi connectivity index (χ0v) is 12.1. The summed E-state index contributed by atoms with van der Waals surface area (Å²) < 4.78 is 0. The van der Waals surface area contributed by atoms with Crippen LogP contribution in [0, 0.1) is 11.3 Å². The Labute approximate surface area is 107 Å². The largest absolute Gasteiger partial charge is 0.311 e. The Morgan fingerprint density at radius 2 is 1.94 bits per heavy atom. The fourth-order valence-electron chi connectivity index (χ4n) is 2.85. The van der Waals surface area contributed by atoms with Crippen molar-refractivity contribution in [3.05, 3.63) is 0 Å². The van der Waals surface area contributed by atoms with Gasteiger partial charge in [0.1, 0.15) is 0 Å². The summed E-state index contributed by atoms with van der Waals surface area (Å²) in [5.41, 5.74) is 0.470. The van der Waals surface area contributed by atoms with Gasteiger partial charge in [-0.3, -0.25) is 4.90 Å². The van der Waals surface area contributed by atoms with E-state index < -0.39 is 0 Å². The lowest BCUT2D eigenvalue weighted by Gasteiger charge is -2.41. The molecule has 2 unspecified atom stereocenters. The van der Waals surface area contributed by atoms with Crippen molar-refractivity contribution in [2.75, 3.05) is 19.6 Å². The first-order valence-corrected chi connectivity index (χ1v) is 7.47. The van der Waals surface area contributed by atoms with Crippen molar-refractivity contribution in [2.24, 2.45) is 11.3 Å². The van der Waals surface area contributed by atoms with Crippen molar-refractivity contribution in [1.29, 1.82) is 0 Å². The minimum atomic E-state index is 0.470. The highest BCUT2D eigenvalue weighted by Crippen LogP contribution is 2.34. The van der Waals surface area contributed by atoms with Crippen LogP contribution >= 0.6 is 0 Å². The summed E-state index contributed by atoms with van der Waals surface area (Å²) in [6.45, 7) is 13.2. The second-order valence-corrected chi connectivity index (χ2v) is 7.22. The zero-order valence-electron chi connectivity index (χ0n) is 12.1. The van der Waals surface area contributed by atoms with E-state index in [0.29, 0.717) is 5.41 Å². The maximum absolute atomic E-state index is 3.77. The highest BCUT2D eigenvalue weighted by Gasteiger charge is 2.36. The average Bonchev–Trinajstić information content (AvgIpc) is 3.08. The van der Waals surface area contributed by atoms with Crippen molar-refractivity contribution in [3.8, 4) is 0 Å². The van der Waals surface area contributed by atoms with E-state index in [0.717, 1.165) is 18.0 Å². The average molecular weight is 238 g/mol. The maximum atomic E-state index is 3.77. The molecule has 2 heteroatoms. The number of nitrogens with one attached hydrogen (secondary N) is 1. The van der Waals surface area contributed by atoms with Gasteiger partial charge in [0.25, 0.3) is 0 Å². The lowest BCUT2D eigenvalue weighted by Crippen LogP contribution is -2.57. The van der Waals surface area contributed by atoms with Crippen LogP contribution in [0.2, 0.25) is 0 Å². The van der Waals surface area contributed by atoms with Gasteiger partial charge < -0.3 is 5.32 Å². The van der Waals surface area contributed by atoms with Gasteiger partial charge in [0, 0.05) is 25.2 Å². The Hall–Kier alpha value is -0.0800. The van der Waals surface area contributed by atoms with E-state index >= 15 is 0 Å². The topological polar surface area (TPSA) is 15.3 Å². The number of rotatable bonds is 4. The number of piperazine rings is 1. The highest BCUT2D eigenvalue weighted by molar-refractivity contribution is 4.94. The van der Waals surface area contributed by atoms with Crippen LogP contribution in [0.4, 0.5) is 0 Å². The second-order valence-electron chi connectivity index (χ2n) is 7.22. The molecule has 1 aliphatic carbocycles. The molecule has 1 saturated carbocycles. The third-order valence-electron chi connectivity index (χ3n) is 4.37. The molecule has 100 valence electrons. The summed E-state index contributed by atoms with van der Waals surface area (Å²) >= 11 is 0. The zero-order chi connectivity index (χ0) is 12.5. The molecule has 2 nitrogen and oxygen atoms in total. The van der Waals surface area contributed by atoms with Crippen LogP contribution < -0.4 is 5.32 Å². The normalized spacial score (nSPS) is 31.8. The molecule has 0 amide bonds.